The smallest absolute Gasteiger partial charge is 0.319 e. The number of piperidine rings is 1. The molecule has 11 heteroatoms. The van der Waals surface area contributed by atoms with E-state index in [4.69, 9.17) is 11.6 Å². The summed E-state index contributed by atoms with van der Waals surface area (Å²) in [6.45, 7) is 3.69. The molecule has 0 aromatic heterocycles. The highest BCUT2D eigenvalue weighted by molar-refractivity contribution is 6.31. The van der Waals surface area contributed by atoms with Crippen molar-refractivity contribution >= 4 is 52.6 Å². The number of amides is 6. The zero-order valence-electron chi connectivity index (χ0n) is 19.8. The topological polar surface area (TPSA) is 137 Å². The normalized spacial score (nSPS) is 20.7. The van der Waals surface area contributed by atoms with Gasteiger partial charge in [0.05, 0.1) is 12.5 Å². The molecule has 2 heterocycles. The second-order valence-corrected chi connectivity index (χ2v) is 9.29. The summed E-state index contributed by atoms with van der Waals surface area (Å²) < 4.78 is 0. The number of rotatable bonds is 6. The van der Waals surface area contributed by atoms with Crippen molar-refractivity contribution in [3.8, 4) is 0 Å². The number of aryl methyl sites for hydroxylation is 1. The van der Waals surface area contributed by atoms with Gasteiger partial charge in [-0.3, -0.25) is 29.4 Å². The van der Waals surface area contributed by atoms with Crippen LogP contribution in [-0.4, -0.2) is 46.6 Å². The van der Waals surface area contributed by atoms with Crippen LogP contribution in [0.2, 0.25) is 5.02 Å². The Bertz CT molecular complexity index is 1250. The minimum atomic E-state index is -0.980. The molecule has 2 saturated heterocycles. The number of halogens is 1. The predicted molar refractivity (Wildman–Crippen MR) is 133 cm³/mol. The molecule has 6 amide bonds. The first-order chi connectivity index (χ1) is 17.1. The second-order valence-electron chi connectivity index (χ2n) is 8.88. The quantitative estimate of drug-likeness (QED) is 0.440. The summed E-state index contributed by atoms with van der Waals surface area (Å²) in [6.07, 6.45) is 0.0868. The lowest BCUT2D eigenvalue weighted by Crippen LogP contribution is -2.54. The van der Waals surface area contributed by atoms with Crippen molar-refractivity contribution in [1.29, 1.82) is 0 Å². The molecule has 3 atom stereocenters. The molecule has 0 bridgehead atoms. The summed E-state index contributed by atoms with van der Waals surface area (Å²) in [4.78, 5) is 62.4. The van der Waals surface area contributed by atoms with Crippen LogP contribution in [0, 0.1) is 6.92 Å². The molecule has 4 rings (SSSR count). The van der Waals surface area contributed by atoms with E-state index in [0.717, 1.165) is 16.0 Å². The zero-order valence-corrected chi connectivity index (χ0v) is 20.5. The van der Waals surface area contributed by atoms with Crippen molar-refractivity contribution in [3.63, 3.8) is 0 Å². The van der Waals surface area contributed by atoms with Crippen molar-refractivity contribution in [2.45, 2.75) is 51.2 Å². The summed E-state index contributed by atoms with van der Waals surface area (Å²) in [6, 6.07) is 9.78. The fraction of sp³-hybridized carbons (Fsp3) is 0.320. The zero-order chi connectivity index (χ0) is 26.0. The molecule has 2 fully saturated rings. The molecule has 2 unspecified atom stereocenters. The van der Waals surface area contributed by atoms with Crippen molar-refractivity contribution in [1.82, 2.24) is 15.5 Å². The standard InChI is InChI=1S/C25H26ClN5O5/c1-13-6-7-17(11-18(13)26)29-25(36)27-14(2)15-4-3-5-16(10-15)28-19-12-22(33)31(24(19)35)20-8-9-21(32)30-23(20)34/h3-7,10-11,14,19-20,28H,8-9,12H2,1-2H3,(H2,27,29,36)(H,30,32,34)/t14-,19?,20?/m0/s1. The maximum Gasteiger partial charge on any atom is 0.319 e. The van der Waals surface area contributed by atoms with Crippen LogP contribution in [-0.2, 0) is 19.2 Å². The van der Waals surface area contributed by atoms with Gasteiger partial charge < -0.3 is 16.0 Å². The van der Waals surface area contributed by atoms with Gasteiger partial charge in [0.15, 0.2) is 0 Å². The molecule has 2 aromatic rings. The first kappa shape index (κ1) is 25.2. The largest absolute Gasteiger partial charge is 0.373 e. The Morgan fingerprint density at radius 2 is 1.89 bits per heavy atom. The van der Waals surface area contributed by atoms with Gasteiger partial charge in [-0.15, -0.1) is 0 Å². The molecule has 0 saturated carbocycles. The molecule has 0 radical (unpaired) electrons. The Kier molecular flexibility index (Phi) is 7.25. The minimum Gasteiger partial charge on any atom is -0.373 e. The van der Waals surface area contributed by atoms with Crippen molar-refractivity contribution in [3.05, 3.63) is 58.6 Å². The molecule has 0 spiro atoms. The molecule has 4 N–H and O–H groups in total. The fourth-order valence-corrected chi connectivity index (χ4v) is 4.42. The highest BCUT2D eigenvalue weighted by Crippen LogP contribution is 2.26. The van der Waals surface area contributed by atoms with E-state index in [2.05, 4.69) is 21.3 Å². The van der Waals surface area contributed by atoms with Crippen LogP contribution in [0.25, 0.3) is 0 Å². The summed E-state index contributed by atoms with van der Waals surface area (Å²) in [5.41, 5.74) is 2.83. The number of hydrogen-bond donors (Lipinski definition) is 4. The van der Waals surface area contributed by atoms with Gasteiger partial charge in [0.1, 0.15) is 12.1 Å². The molecule has 188 valence electrons. The molecule has 2 aliphatic rings. The number of hydrogen-bond acceptors (Lipinski definition) is 6. The van der Waals surface area contributed by atoms with Crippen molar-refractivity contribution in [2.24, 2.45) is 0 Å². The molecular weight excluding hydrogens is 486 g/mol. The average Bonchev–Trinajstić information content (AvgIpc) is 3.09. The molecule has 2 aromatic carbocycles. The van der Waals surface area contributed by atoms with Gasteiger partial charge in [-0.25, -0.2) is 4.79 Å². The van der Waals surface area contributed by atoms with E-state index in [1.807, 2.05) is 26.0 Å². The first-order valence-electron chi connectivity index (χ1n) is 11.5. The van der Waals surface area contributed by atoms with E-state index >= 15 is 0 Å². The van der Waals surface area contributed by atoms with Crippen molar-refractivity contribution < 1.29 is 24.0 Å². The highest BCUT2D eigenvalue weighted by Gasteiger charge is 2.46. The summed E-state index contributed by atoms with van der Waals surface area (Å²) >= 11 is 6.11. The highest BCUT2D eigenvalue weighted by atomic mass is 35.5. The van der Waals surface area contributed by atoms with Crippen LogP contribution in [0.4, 0.5) is 16.2 Å². The van der Waals surface area contributed by atoms with E-state index in [9.17, 15) is 24.0 Å². The van der Waals surface area contributed by atoms with E-state index in [0.29, 0.717) is 16.4 Å². The van der Waals surface area contributed by atoms with Crippen LogP contribution in [0.5, 0.6) is 0 Å². The lowest BCUT2D eigenvalue weighted by Gasteiger charge is -2.28. The van der Waals surface area contributed by atoms with Crippen LogP contribution >= 0.6 is 11.6 Å². The molecule has 0 aliphatic carbocycles. The maximum absolute atomic E-state index is 12.9. The Morgan fingerprint density at radius 1 is 1.11 bits per heavy atom. The van der Waals surface area contributed by atoms with Crippen LogP contribution in [0.1, 0.15) is 43.4 Å². The summed E-state index contributed by atoms with van der Waals surface area (Å²) in [7, 11) is 0. The monoisotopic (exact) mass is 511 g/mol. The minimum absolute atomic E-state index is 0.0724. The average molecular weight is 512 g/mol. The SMILES string of the molecule is Cc1ccc(NC(=O)N[C@@H](C)c2cccc(NC3CC(=O)N(C4CCC(=O)NC4=O)C3=O)c2)cc1Cl. The number of likely N-dealkylation sites (tertiary alicyclic amines) is 1. The maximum atomic E-state index is 12.9. The third-order valence-corrected chi connectivity index (χ3v) is 6.62. The molecule has 2 aliphatic heterocycles. The summed E-state index contributed by atoms with van der Waals surface area (Å²) in [5.74, 6) is -2.03. The Labute approximate surface area is 212 Å². The number of benzene rings is 2. The van der Waals surface area contributed by atoms with Gasteiger partial charge in [0.2, 0.25) is 17.7 Å². The van der Waals surface area contributed by atoms with E-state index in [1.165, 1.54) is 0 Å². The van der Waals surface area contributed by atoms with Gasteiger partial charge in [0, 0.05) is 22.8 Å². The predicted octanol–water partition coefficient (Wildman–Crippen LogP) is 2.88. The number of imide groups is 2. The Morgan fingerprint density at radius 3 is 2.61 bits per heavy atom. The number of carbonyl (C=O) groups is 5. The molecule has 10 nitrogen and oxygen atoms in total. The number of nitrogens with one attached hydrogen (secondary N) is 4. The van der Waals surface area contributed by atoms with Gasteiger partial charge in [-0.1, -0.05) is 29.8 Å². The molecule has 36 heavy (non-hydrogen) atoms. The first-order valence-corrected chi connectivity index (χ1v) is 11.9. The lowest BCUT2D eigenvalue weighted by molar-refractivity contribution is -0.150. The van der Waals surface area contributed by atoms with E-state index < -0.39 is 41.7 Å². The van der Waals surface area contributed by atoms with Gasteiger partial charge in [-0.2, -0.15) is 0 Å². The number of anilines is 2. The molecular formula is C25H26ClN5O5. The van der Waals surface area contributed by atoms with E-state index in [1.54, 1.807) is 30.3 Å². The van der Waals surface area contributed by atoms with Crippen molar-refractivity contribution in [2.75, 3.05) is 10.6 Å². The van der Waals surface area contributed by atoms with Crippen LogP contribution < -0.4 is 21.3 Å². The third kappa shape index (κ3) is 5.49. The Hall–Kier alpha value is -3.92. The second kappa shape index (κ2) is 10.4. The third-order valence-electron chi connectivity index (χ3n) is 6.21. The van der Waals surface area contributed by atoms with Crippen LogP contribution in [0.3, 0.4) is 0 Å². The fourth-order valence-electron chi connectivity index (χ4n) is 4.24. The Balaban J connectivity index is 1.38. The lowest BCUT2D eigenvalue weighted by atomic mass is 10.0. The van der Waals surface area contributed by atoms with E-state index in [-0.39, 0.29) is 25.3 Å². The van der Waals surface area contributed by atoms with Crippen LogP contribution in [0.15, 0.2) is 42.5 Å². The number of carbonyl (C=O) groups excluding carboxylic acids is 5. The van der Waals surface area contributed by atoms with Gasteiger partial charge >= 0.3 is 6.03 Å². The number of nitrogens with zero attached hydrogens (tertiary/aromatic N) is 1. The van der Waals surface area contributed by atoms with Gasteiger partial charge in [0.25, 0.3) is 5.91 Å². The summed E-state index contributed by atoms with van der Waals surface area (Å²) in [5, 5.41) is 11.4. The van der Waals surface area contributed by atoms with Gasteiger partial charge in [-0.05, 0) is 55.7 Å². The number of urea groups is 1.